The van der Waals surface area contributed by atoms with E-state index in [9.17, 15) is 14.4 Å². The molecule has 3 aromatic rings. The lowest BCUT2D eigenvalue weighted by molar-refractivity contribution is -0.118. The molecule has 3 rings (SSSR count). The summed E-state index contributed by atoms with van der Waals surface area (Å²) in [5, 5.41) is 3.73. The zero-order chi connectivity index (χ0) is 18.8. The van der Waals surface area contributed by atoms with Crippen molar-refractivity contribution in [3.63, 3.8) is 0 Å². The molecule has 0 aliphatic rings. The highest BCUT2D eigenvalue weighted by atomic mass is 16.2. The fourth-order valence-corrected chi connectivity index (χ4v) is 3.05. The molecule has 1 amide bonds. The third kappa shape index (κ3) is 3.28. The van der Waals surface area contributed by atoms with Crippen LogP contribution in [0.25, 0.3) is 10.9 Å². The van der Waals surface area contributed by atoms with Crippen molar-refractivity contribution in [2.45, 2.75) is 26.8 Å². The average Bonchev–Trinajstić information content (AvgIpc) is 2.61. The van der Waals surface area contributed by atoms with Gasteiger partial charge in [0.2, 0.25) is 5.91 Å². The van der Waals surface area contributed by atoms with Crippen LogP contribution in [0.4, 0.5) is 5.69 Å². The van der Waals surface area contributed by atoms with Crippen molar-refractivity contribution < 1.29 is 9.59 Å². The molecule has 0 fully saturated rings. The number of anilines is 1. The molecular weight excluding hydrogens is 328 g/mol. The SMILES string of the molecule is CC(=O)c1cccc(NC(=O)C(C)n2c(=O)cc(C)c3ccccc32)c1. The molecule has 1 heterocycles. The summed E-state index contributed by atoms with van der Waals surface area (Å²) in [4.78, 5) is 36.8. The summed E-state index contributed by atoms with van der Waals surface area (Å²) in [7, 11) is 0. The van der Waals surface area contributed by atoms with E-state index in [1.807, 2.05) is 31.2 Å². The summed E-state index contributed by atoms with van der Waals surface area (Å²) >= 11 is 0. The number of nitrogens with zero attached hydrogens (tertiary/aromatic N) is 1. The molecule has 2 aromatic carbocycles. The standard InChI is InChI=1S/C21H20N2O3/c1-13-11-20(25)23(19-10-5-4-9-18(13)19)14(2)21(26)22-17-8-6-7-16(12-17)15(3)24/h4-12,14H,1-3H3,(H,22,26). The molecule has 0 saturated heterocycles. The van der Waals surface area contributed by atoms with Crippen LogP contribution >= 0.6 is 0 Å². The maximum absolute atomic E-state index is 12.7. The van der Waals surface area contributed by atoms with Gasteiger partial charge in [0.1, 0.15) is 6.04 Å². The first kappa shape index (κ1) is 17.6. The van der Waals surface area contributed by atoms with Crippen LogP contribution in [-0.2, 0) is 4.79 Å². The van der Waals surface area contributed by atoms with E-state index in [0.717, 1.165) is 16.5 Å². The first-order chi connectivity index (χ1) is 12.4. The number of pyridine rings is 1. The van der Waals surface area contributed by atoms with Gasteiger partial charge in [0.15, 0.2) is 5.78 Å². The minimum absolute atomic E-state index is 0.0742. The summed E-state index contributed by atoms with van der Waals surface area (Å²) in [6, 6.07) is 15.1. The Hall–Kier alpha value is -3.21. The number of para-hydroxylation sites is 1. The number of nitrogens with one attached hydrogen (secondary N) is 1. The maximum atomic E-state index is 12.7. The van der Waals surface area contributed by atoms with Crippen molar-refractivity contribution in [3.8, 4) is 0 Å². The molecule has 1 unspecified atom stereocenters. The minimum Gasteiger partial charge on any atom is -0.324 e. The monoisotopic (exact) mass is 348 g/mol. The van der Waals surface area contributed by atoms with Crippen LogP contribution in [0.5, 0.6) is 0 Å². The first-order valence-electron chi connectivity index (χ1n) is 8.41. The Bertz CT molecular complexity index is 1070. The van der Waals surface area contributed by atoms with Crippen molar-refractivity contribution in [2.24, 2.45) is 0 Å². The fraction of sp³-hybridized carbons (Fsp3) is 0.190. The average molecular weight is 348 g/mol. The number of hydrogen-bond donors (Lipinski definition) is 1. The second-order valence-corrected chi connectivity index (χ2v) is 6.35. The van der Waals surface area contributed by atoms with Crippen LogP contribution in [0.1, 0.15) is 35.8 Å². The molecule has 0 aliphatic carbocycles. The van der Waals surface area contributed by atoms with Gasteiger partial charge in [-0.15, -0.1) is 0 Å². The Kier molecular flexibility index (Phi) is 4.71. The minimum atomic E-state index is -0.700. The quantitative estimate of drug-likeness (QED) is 0.731. The summed E-state index contributed by atoms with van der Waals surface area (Å²) in [6.07, 6.45) is 0. The highest BCUT2D eigenvalue weighted by Crippen LogP contribution is 2.20. The van der Waals surface area contributed by atoms with Gasteiger partial charge < -0.3 is 5.32 Å². The van der Waals surface area contributed by atoms with Gasteiger partial charge in [-0.2, -0.15) is 0 Å². The van der Waals surface area contributed by atoms with Crippen molar-refractivity contribution in [1.82, 2.24) is 4.57 Å². The Morgan fingerprint density at radius 2 is 1.77 bits per heavy atom. The molecule has 0 spiro atoms. The molecule has 0 saturated carbocycles. The summed E-state index contributed by atoms with van der Waals surface area (Å²) in [5.41, 5.74) is 2.43. The molecule has 1 N–H and O–H groups in total. The Balaban J connectivity index is 1.97. The van der Waals surface area contributed by atoms with Crippen molar-refractivity contribution in [1.29, 1.82) is 0 Å². The van der Waals surface area contributed by atoms with Gasteiger partial charge in [-0.1, -0.05) is 30.3 Å². The van der Waals surface area contributed by atoms with Gasteiger partial charge in [0.25, 0.3) is 5.56 Å². The number of ketones is 1. The summed E-state index contributed by atoms with van der Waals surface area (Å²) in [5.74, 6) is -0.392. The van der Waals surface area contributed by atoms with E-state index in [-0.39, 0.29) is 17.2 Å². The summed E-state index contributed by atoms with van der Waals surface area (Å²) < 4.78 is 1.49. The third-order valence-corrected chi connectivity index (χ3v) is 4.47. The Labute approximate surface area is 151 Å². The lowest BCUT2D eigenvalue weighted by Crippen LogP contribution is -2.31. The lowest BCUT2D eigenvalue weighted by Gasteiger charge is -2.18. The predicted molar refractivity (Wildman–Crippen MR) is 103 cm³/mol. The number of aryl methyl sites for hydroxylation is 1. The lowest BCUT2D eigenvalue weighted by atomic mass is 10.1. The van der Waals surface area contributed by atoms with Gasteiger partial charge in [-0.25, -0.2) is 0 Å². The van der Waals surface area contributed by atoms with Crippen molar-refractivity contribution >= 4 is 28.3 Å². The highest BCUT2D eigenvalue weighted by molar-refractivity contribution is 5.98. The number of amides is 1. The number of Topliss-reactive ketones (excluding diaryl/α,β-unsaturated/α-hetero) is 1. The van der Waals surface area contributed by atoms with Crippen LogP contribution in [0, 0.1) is 6.92 Å². The summed E-state index contributed by atoms with van der Waals surface area (Å²) in [6.45, 7) is 5.04. The number of fused-ring (bicyclic) bond motifs is 1. The van der Waals surface area contributed by atoms with Gasteiger partial charge in [-0.05, 0) is 44.5 Å². The number of hydrogen-bond acceptors (Lipinski definition) is 3. The Morgan fingerprint density at radius 1 is 1.04 bits per heavy atom. The molecule has 26 heavy (non-hydrogen) atoms. The largest absolute Gasteiger partial charge is 0.324 e. The van der Waals surface area contributed by atoms with E-state index in [1.54, 1.807) is 37.3 Å². The van der Waals surface area contributed by atoms with E-state index in [4.69, 9.17) is 0 Å². The van der Waals surface area contributed by atoms with Crippen LogP contribution in [-0.4, -0.2) is 16.3 Å². The van der Waals surface area contributed by atoms with Crippen LogP contribution < -0.4 is 10.9 Å². The number of carbonyl (C=O) groups is 2. The van der Waals surface area contributed by atoms with Crippen LogP contribution in [0.2, 0.25) is 0 Å². The molecule has 1 atom stereocenters. The fourth-order valence-electron chi connectivity index (χ4n) is 3.05. The highest BCUT2D eigenvalue weighted by Gasteiger charge is 2.19. The van der Waals surface area contributed by atoms with Gasteiger partial charge >= 0.3 is 0 Å². The molecule has 0 aliphatic heterocycles. The second-order valence-electron chi connectivity index (χ2n) is 6.35. The van der Waals surface area contributed by atoms with Gasteiger partial charge in [-0.3, -0.25) is 19.0 Å². The number of aromatic nitrogens is 1. The zero-order valence-corrected chi connectivity index (χ0v) is 14.9. The molecule has 0 radical (unpaired) electrons. The Morgan fingerprint density at radius 3 is 2.50 bits per heavy atom. The second kappa shape index (κ2) is 6.96. The van der Waals surface area contributed by atoms with E-state index in [0.29, 0.717) is 11.3 Å². The number of benzene rings is 2. The number of rotatable bonds is 4. The molecular formula is C21H20N2O3. The van der Waals surface area contributed by atoms with Gasteiger partial charge in [0.05, 0.1) is 5.52 Å². The topological polar surface area (TPSA) is 68.2 Å². The molecule has 1 aromatic heterocycles. The zero-order valence-electron chi connectivity index (χ0n) is 14.9. The van der Waals surface area contributed by atoms with E-state index >= 15 is 0 Å². The molecule has 5 nitrogen and oxygen atoms in total. The normalized spacial score (nSPS) is 12.0. The maximum Gasteiger partial charge on any atom is 0.252 e. The smallest absolute Gasteiger partial charge is 0.252 e. The van der Waals surface area contributed by atoms with Crippen LogP contribution in [0.15, 0.2) is 59.4 Å². The van der Waals surface area contributed by atoms with E-state index in [2.05, 4.69) is 5.32 Å². The van der Waals surface area contributed by atoms with Crippen molar-refractivity contribution in [3.05, 3.63) is 76.1 Å². The third-order valence-electron chi connectivity index (χ3n) is 4.47. The predicted octanol–water partition coefficient (Wildman–Crippen LogP) is 3.71. The van der Waals surface area contributed by atoms with Crippen molar-refractivity contribution in [2.75, 3.05) is 5.32 Å². The van der Waals surface area contributed by atoms with E-state index < -0.39 is 6.04 Å². The first-order valence-corrected chi connectivity index (χ1v) is 8.41. The number of carbonyl (C=O) groups excluding carboxylic acids is 2. The molecule has 0 bridgehead atoms. The molecule has 132 valence electrons. The van der Waals surface area contributed by atoms with E-state index in [1.165, 1.54) is 11.5 Å². The van der Waals surface area contributed by atoms with Crippen LogP contribution in [0.3, 0.4) is 0 Å². The molecule has 5 heteroatoms. The van der Waals surface area contributed by atoms with Gasteiger partial charge in [0, 0.05) is 22.7 Å².